The predicted octanol–water partition coefficient (Wildman–Crippen LogP) is 13.3. The zero-order valence-corrected chi connectivity index (χ0v) is 43.5. The van der Waals surface area contributed by atoms with Gasteiger partial charge in [0.15, 0.2) is 23.3 Å². The molecule has 12 rings (SSSR count). The Balaban J connectivity index is 0.841. The number of nitrogens with one attached hydrogen (secondary N) is 4. The predicted molar refractivity (Wildman–Crippen MR) is 300 cm³/mol. The number of hydrogen-bond donors (Lipinski definition) is 7. The van der Waals surface area contributed by atoms with Gasteiger partial charge >= 0.3 is 6.09 Å². The lowest BCUT2D eigenvalue weighted by atomic mass is 10.0. The number of H-pyrrole nitrogens is 2. The van der Waals surface area contributed by atoms with Crippen LogP contribution in [0.15, 0.2) is 97.1 Å². The minimum Gasteiger partial charge on any atom is -0.508 e. The smallest absolute Gasteiger partial charge is 0.407 e. The van der Waals surface area contributed by atoms with Crippen LogP contribution in [0.3, 0.4) is 0 Å². The SMILES string of the molecule is Cn1nnc2c1CC[C@H]1[C@@H](CC2)[C@H]1COC(=O)NCCCCCCNc1c(F)c(F)c(-c2c3nc(c(-c4cccc(O)c4)c4ccc([nH]4)c(-c4cccc(O)c4)c4nc(c(-c5cccc(O)c5)c5ccc2[nH]5)C=C4)C=C3)c(F)c1F. The average Bonchev–Trinajstić information content (AvgIpc) is 4.33. The molecule has 4 aliphatic rings. The number of anilines is 1. The summed E-state index contributed by atoms with van der Waals surface area (Å²) >= 11 is 0. The van der Waals surface area contributed by atoms with Crippen LogP contribution in [0.2, 0.25) is 0 Å². The highest BCUT2D eigenvalue weighted by Crippen LogP contribution is 2.53. The van der Waals surface area contributed by atoms with Crippen LogP contribution in [0, 0.1) is 41.0 Å². The number of halogens is 4. The van der Waals surface area contributed by atoms with Crippen molar-refractivity contribution in [2.75, 3.05) is 25.0 Å². The Hall–Kier alpha value is -9.19. The van der Waals surface area contributed by atoms with E-state index in [1.54, 1.807) is 72.8 Å². The Morgan fingerprint density at radius 1 is 0.600 bits per heavy atom. The molecule has 0 saturated heterocycles. The van der Waals surface area contributed by atoms with E-state index in [2.05, 4.69) is 30.9 Å². The van der Waals surface area contributed by atoms with Gasteiger partial charge in [-0.15, -0.1) is 5.10 Å². The number of fused-ring (bicyclic) bond motifs is 10. The molecule has 8 bridgehead atoms. The average molecular weight is 1080 g/mol. The van der Waals surface area contributed by atoms with E-state index in [9.17, 15) is 20.1 Å². The van der Waals surface area contributed by atoms with E-state index < -0.39 is 40.6 Å². The van der Waals surface area contributed by atoms with Gasteiger partial charge in [0, 0.05) is 64.5 Å². The van der Waals surface area contributed by atoms with Gasteiger partial charge in [0.1, 0.15) is 22.9 Å². The molecule has 406 valence electrons. The molecule has 0 radical (unpaired) electrons. The summed E-state index contributed by atoms with van der Waals surface area (Å²) in [5.74, 6) is -5.22. The van der Waals surface area contributed by atoms with Crippen LogP contribution in [0.4, 0.5) is 28.0 Å². The van der Waals surface area contributed by atoms with E-state index in [1.807, 2.05) is 36.0 Å². The summed E-state index contributed by atoms with van der Waals surface area (Å²) < 4.78 is 74.4. The Bertz CT molecular complexity index is 3920. The number of aromatic amines is 2. The largest absolute Gasteiger partial charge is 0.508 e. The number of phenolic OH excluding ortho intramolecular Hbond substituents is 3. The lowest BCUT2D eigenvalue weighted by Gasteiger charge is -2.14. The number of ether oxygens (including phenoxy) is 1. The molecule has 2 aliphatic heterocycles. The first kappa shape index (κ1) is 51.6. The van der Waals surface area contributed by atoms with Crippen molar-refractivity contribution in [1.29, 1.82) is 0 Å². The van der Waals surface area contributed by atoms with Crippen molar-refractivity contribution in [3.63, 3.8) is 0 Å². The third-order valence-electron chi connectivity index (χ3n) is 15.7. The number of nitrogens with zero attached hydrogens (tertiary/aromatic N) is 5. The first-order chi connectivity index (χ1) is 38.9. The van der Waals surface area contributed by atoms with Crippen LogP contribution in [0.1, 0.15) is 72.7 Å². The number of carbonyl (C=O) groups is 1. The minimum atomic E-state index is -1.65. The third kappa shape index (κ3) is 10.0. The van der Waals surface area contributed by atoms with Crippen molar-refractivity contribution in [3.05, 3.63) is 154 Å². The lowest BCUT2D eigenvalue weighted by Crippen LogP contribution is -2.26. The van der Waals surface area contributed by atoms with Gasteiger partial charge in [0.25, 0.3) is 0 Å². The number of hydrogen-bond acceptors (Lipinski definition) is 10. The van der Waals surface area contributed by atoms with E-state index in [1.165, 1.54) is 30.0 Å². The molecule has 3 atom stereocenters. The van der Waals surface area contributed by atoms with E-state index in [0.29, 0.717) is 118 Å². The second-order valence-corrected chi connectivity index (χ2v) is 20.7. The molecular weight excluding hydrogens is 1030 g/mol. The maximum atomic E-state index is 17.0. The Labute approximate surface area is 456 Å². The van der Waals surface area contributed by atoms with Crippen LogP contribution in [0.25, 0.3) is 90.9 Å². The molecule has 0 unspecified atom stereocenters. The first-order valence-electron chi connectivity index (χ1n) is 26.8. The Kier molecular flexibility index (Phi) is 13.9. The van der Waals surface area contributed by atoms with Gasteiger partial charge in [-0.1, -0.05) is 54.5 Å². The zero-order chi connectivity index (χ0) is 55.2. The van der Waals surface area contributed by atoms with Crippen molar-refractivity contribution in [2.24, 2.45) is 24.8 Å². The molecule has 4 aromatic carbocycles. The molecular formula is C62H55F4N9O5. The molecule has 2 aliphatic carbocycles. The van der Waals surface area contributed by atoms with Gasteiger partial charge in [-0.25, -0.2) is 32.3 Å². The molecule has 14 nitrogen and oxygen atoms in total. The van der Waals surface area contributed by atoms with E-state index in [0.717, 1.165) is 31.4 Å². The normalized spacial score (nSPS) is 16.2. The fourth-order valence-corrected chi connectivity index (χ4v) is 11.8. The van der Waals surface area contributed by atoms with E-state index in [4.69, 9.17) is 14.7 Å². The summed E-state index contributed by atoms with van der Waals surface area (Å²) in [5, 5.41) is 46.0. The van der Waals surface area contributed by atoms with Crippen molar-refractivity contribution in [1.82, 2.24) is 40.2 Å². The van der Waals surface area contributed by atoms with Gasteiger partial charge in [-0.3, -0.25) is 4.68 Å². The maximum Gasteiger partial charge on any atom is 0.407 e. The molecule has 0 spiro atoms. The fourth-order valence-electron chi connectivity index (χ4n) is 11.8. The lowest BCUT2D eigenvalue weighted by molar-refractivity contribution is 0.137. The van der Waals surface area contributed by atoms with Crippen LogP contribution in [-0.2, 0) is 24.6 Å². The van der Waals surface area contributed by atoms with Crippen molar-refractivity contribution >= 4 is 58.2 Å². The summed E-state index contributed by atoms with van der Waals surface area (Å²) in [6, 6.07) is 26.5. The monoisotopic (exact) mass is 1080 g/mol. The topological polar surface area (TPSA) is 199 Å². The number of phenols is 3. The number of aromatic hydroxyl groups is 3. The van der Waals surface area contributed by atoms with Gasteiger partial charge < -0.3 is 40.7 Å². The van der Waals surface area contributed by atoms with E-state index in [-0.39, 0.29) is 46.3 Å². The molecule has 1 amide bonds. The number of rotatable bonds is 14. The highest BCUT2D eigenvalue weighted by atomic mass is 19.2. The van der Waals surface area contributed by atoms with Crippen molar-refractivity contribution in [3.8, 4) is 61.8 Å². The zero-order valence-electron chi connectivity index (χ0n) is 43.5. The van der Waals surface area contributed by atoms with Crippen LogP contribution < -0.4 is 10.6 Å². The fraction of sp³-hybridized carbons (Fsp3) is 0.242. The van der Waals surface area contributed by atoms with Crippen LogP contribution >= 0.6 is 0 Å². The second kappa shape index (κ2) is 21.6. The quantitative estimate of drug-likeness (QED) is 0.0312. The first-order valence-corrected chi connectivity index (χ1v) is 26.8. The second-order valence-electron chi connectivity index (χ2n) is 20.7. The number of carbonyl (C=O) groups excluding carboxylic acids is 1. The standard InChI is InChI=1S/C62H55F4N9O5/c1-75-51-26-16-40-39(15-17-42(51)73-74-75)41(40)32-80-62(79)68-28-5-3-2-4-27-67-61-59(65)57(63)56(58(64)60(61)66)55-49-24-22-47(71-49)53(34-10-7-13-37(77)30-34)45-20-18-43(69-45)52(33-9-6-12-36(76)29-33)44-19-21-46(70-44)54(48-23-25-50(55)72-48)35-11-8-14-38(78)31-35/h6-14,18-25,29-31,39-41,67,69,72,76-78H,2-5,15-17,26-28,32H2,1H3,(H,68,79)/t39-,40+,41-/m1/s1. The summed E-state index contributed by atoms with van der Waals surface area (Å²) in [7, 11) is 1.92. The maximum absolute atomic E-state index is 17.0. The molecule has 4 aromatic heterocycles. The Morgan fingerprint density at radius 3 is 1.56 bits per heavy atom. The molecule has 8 aromatic rings. The molecule has 1 saturated carbocycles. The van der Waals surface area contributed by atoms with Gasteiger partial charge in [-0.2, -0.15) is 0 Å². The number of alkyl carbamates (subject to hydrolysis) is 1. The number of benzene rings is 4. The number of unbranched alkanes of at least 4 members (excludes halogenated alkanes) is 3. The van der Waals surface area contributed by atoms with Gasteiger partial charge in [0.05, 0.1) is 46.3 Å². The van der Waals surface area contributed by atoms with Crippen LogP contribution in [0.5, 0.6) is 17.2 Å². The van der Waals surface area contributed by atoms with Crippen molar-refractivity contribution < 1.29 is 42.4 Å². The summed E-state index contributed by atoms with van der Waals surface area (Å²) in [5.41, 5.74) is 5.92. The van der Waals surface area contributed by atoms with Crippen LogP contribution in [-0.4, -0.2) is 76.0 Å². The van der Waals surface area contributed by atoms with Gasteiger partial charge in [-0.05, 0) is 158 Å². The Morgan fingerprint density at radius 2 is 1.06 bits per heavy atom. The molecule has 1 fully saturated rings. The molecule has 80 heavy (non-hydrogen) atoms. The molecule has 6 heterocycles. The third-order valence-corrected chi connectivity index (χ3v) is 15.7. The number of aryl methyl sites for hydroxylation is 2. The minimum absolute atomic E-state index is 0.000445. The van der Waals surface area contributed by atoms with Gasteiger partial charge in [0.2, 0.25) is 0 Å². The van der Waals surface area contributed by atoms with E-state index >= 15 is 17.6 Å². The molecule has 18 heteroatoms. The highest BCUT2D eigenvalue weighted by Gasteiger charge is 2.50. The molecule has 7 N–H and O–H groups in total. The summed E-state index contributed by atoms with van der Waals surface area (Å²) in [6.07, 6.45) is 12.3. The highest BCUT2D eigenvalue weighted by molar-refractivity contribution is 6.00. The van der Waals surface area contributed by atoms with Crippen molar-refractivity contribution in [2.45, 2.75) is 51.4 Å². The number of amides is 1. The summed E-state index contributed by atoms with van der Waals surface area (Å²) in [6.45, 7) is 0.751. The number of aromatic nitrogens is 7. The summed E-state index contributed by atoms with van der Waals surface area (Å²) in [4.78, 5) is 29.4.